The molecule has 0 radical (unpaired) electrons. The van der Waals surface area contributed by atoms with Crippen molar-refractivity contribution < 1.29 is 5.11 Å². The van der Waals surface area contributed by atoms with Gasteiger partial charge in [-0.15, -0.1) is 0 Å². The maximum Gasteiger partial charge on any atom is 0.0623 e. The highest BCUT2D eigenvalue weighted by molar-refractivity contribution is 4.83. The Morgan fingerprint density at radius 2 is 2.00 bits per heavy atom. The number of fused-ring (bicyclic) bond motifs is 1. The van der Waals surface area contributed by atoms with Gasteiger partial charge in [-0.2, -0.15) is 0 Å². The molecule has 0 aromatic rings. The summed E-state index contributed by atoms with van der Waals surface area (Å²) in [5, 5.41) is 8.88. The van der Waals surface area contributed by atoms with Crippen molar-refractivity contribution in [3.05, 3.63) is 0 Å². The molecule has 1 unspecified atom stereocenters. The van der Waals surface area contributed by atoms with Crippen molar-refractivity contribution in [2.75, 3.05) is 32.8 Å². The van der Waals surface area contributed by atoms with E-state index in [1.807, 2.05) is 0 Å². The van der Waals surface area contributed by atoms with Gasteiger partial charge in [0.25, 0.3) is 0 Å². The standard InChI is InChI=1S/C9H18N2O/c12-8-7-11-6-2-5-10-4-1-3-9(10)11/h9,12H,1-8H2. The first kappa shape index (κ1) is 8.48. The maximum atomic E-state index is 8.88. The summed E-state index contributed by atoms with van der Waals surface area (Å²) in [5.74, 6) is 0. The number of aliphatic hydroxyl groups is 1. The van der Waals surface area contributed by atoms with Crippen molar-refractivity contribution in [3.63, 3.8) is 0 Å². The van der Waals surface area contributed by atoms with Gasteiger partial charge in [-0.05, 0) is 25.8 Å². The molecule has 0 aromatic heterocycles. The molecule has 3 heteroatoms. The van der Waals surface area contributed by atoms with Crippen molar-refractivity contribution >= 4 is 0 Å². The average Bonchev–Trinajstić information content (AvgIpc) is 2.53. The van der Waals surface area contributed by atoms with Crippen LogP contribution in [0.3, 0.4) is 0 Å². The minimum Gasteiger partial charge on any atom is -0.395 e. The number of hydrogen-bond acceptors (Lipinski definition) is 3. The van der Waals surface area contributed by atoms with Crippen LogP contribution >= 0.6 is 0 Å². The molecule has 1 N–H and O–H groups in total. The number of β-amino-alcohol motifs (C(OH)–C–C–N with tert-alkyl or cyclic N) is 1. The molecule has 2 heterocycles. The first-order valence-corrected chi connectivity index (χ1v) is 5.01. The van der Waals surface area contributed by atoms with Gasteiger partial charge in [0, 0.05) is 19.6 Å². The highest BCUT2D eigenvalue weighted by Gasteiger charge is 2.31. The predicted octanol–water partition coefficient (Wildman–Crippen LogP) is 0.106. The molecule has 0 amide bonds. The van der Waals surface area contributed by atoms with Gasteiger partial charge in [0.1, 0.15) is 0 Å². The molecule has 0 bridgehead atoms. The van der Waals surface area contributed by atoms with Crippen LogP contribution in [-0.4, -0.2) is 53.9 Å². The lowest BCUT2D eigenvalue weighted by atomic mass is 10.2. The van der Waals surface area contributed by atoms with Crippen LogP contribution < -0.4 is 0 Å². The van der Waals surface area contributed by atoms with Crippen molar-refractivity contribution in [2.24, 2.45) is 0 Å². The van der Waals surface area contributed by atoms with Gasteiger partial charge in [-0.3, -0.25) is 9.80 Å². The van der Waals surface area contributed by atoms with Gasteiger partial charge in [0.2, 0.25) is 0 Å². The van der Waals surface area contributed by atoms with Gasteiger partial charge in [0.05, 0.1) is 12.8 Å². The molecule has 0 spiro atoms. The van der Waals surface area contributed by atoms with Crippen molar-refractivity contribution in [3.8, 4) is 0 Å². The highest BCUT2D eigenvalue weighted by Crippen LogP contribution is 2.24. The van der Waals surface area contributed by atoms with Crippen LogP contribution in [0.5, 0.6) is 0 Å². The Kier molecular flexibility index (Phi) is 2.63. The lowest BCUT2D eigenvalue weighted by Crippen LogP contribution is -2.51. The second-order valence-electron chi connectivity index (χ2n) is 3.77. The lowest BCUT2D eigenvalue weighted by Gasteiger charge is -2.39. The fraction of sp³-hybridized carbons (Fsp3) is 1.00. The van der Waals surface area contributed by atoms with Crippen LogP contribution in [-0.2, 0) is 0 Å². The van der Waals surface area contributed by atoms with Crippen molar-refractivity contribution in [1.82, 2.24) is 9.80 Å². The SMILES string of the molecule is OCCN1CCCN2CCCC12. The fourth-order valence-electron chi connectivity index (χ4n) is 2.50. The number of aliphatic hydroxyl groups excluding tert-OH is 1. The van der Waals surface area contributed by atoms with Crippen LogP contribution in [0.2, 0.25) is 0 Å². The zero-order valence-electron chi connectivity index (χ0n) is 7.58. The number of hydrogen-bond donors (Lipinski definition) is 1. The lowest BCUT2D eigenvalue weighted by molar-refractivity contribution is 0.0234. The molecule has 0 aromatic carbocycles. The van der Waals surface area contributed by atoms with Gasteiger partial charge >= 0.3 is 0 Å². The predicted molar refractivity (Wildman–Crippen MR) is 47.9 cm³/mol. The molecule has 0 aliphatic carbocycles. The van der Waals surface area contributed by atoms with E-state index in [1.54, 1.807) is 0 Å². The van der Waals surface area contributed by atoms with E-state index in [2.05, 4.69) is 9.80 Å². The molecule has 2 aliphatic rings. The number of nitrogens with zero attached hydrogens (tertiary/aromatic N) is 2. The van der Waals surface area contributed by atoms with Gasteiger partial charge in [-0.1, -0.05) is 0 Å². The Bertz CT molecular complexity index is 149. The summed E-state index contributed by atoms with van der Waals surface area (Å²) in [5.41, 5.74) is 0. The Labute approximate surface area is 74.0 Å². The largest absolute Gasteiger partial charge is 0.395 e. The van der Waals surface area contributed by atoms with Crippen molar-refractivity contribution in [2.45, 2.75) is 25.4 Å². The van der Waals surface area contributed by atoms with E-state index >= 15 is 0 Å². The van der Waals surface area contributed by atoms with Crippen LogP contribution in [0.4, 0.5) is 0 Å². The molecule has 3 nitrogen and oxygen atoms in total. The molecule has 2 aliphatic heterocycles. The maximum absolute atomic E-state index is 8.88. The molecule has 2 rings (SSSR count). The molecular formula is C9H18N2O. The van der Waals surface area contributed by atoms with Crippen molar-refractivity contribution in [1.29, 1.82) is 0 Å². The smallest absolute Gasteiger partial charge is 0.0623 e. The Hall–Kier alpha value is -0.120. The van der Waals surface area contributed by atoms with E-state index in [1.165, 1.54) is 38.9 Å². The molecule has 70 valence electrons. The molecular weight excluding hydrogens is 152 g/mol. The van der Waals surface area contributed by atoms with Crippen LogP contribution in [0.25, 0.3) is 0 Å². The average molecular weight is 170 g/mol. The Morgan fingerprint density at radius 3 is 2.83 bits per heavy atom. The van der Waals surface area contributed by atoms with E-state index < -0.39 is 0 Å². The van der Waals surface area contributed by atoms with Crippen LogP contribution in [0, 0.1) is 0 Å². The zero-order chi connectivity index (χ0) is 8.39. The monoisotopic (exact) mass is 170 g/mol. The van der Waals surface area contributed by atoms with E-state index in [9.17, 15) is 0 Å². The Balaban J connectivity index is 1.94. The zero-order valence-corrected chi connectivity index (χ0v) is 7.58. The van der Waals surface area contributed by atoms with E-state index in [-0.39, 0.29) is 0 Å². The summed E-state index contributed by atoms with van der Waals surface area (Å²) in [6.07, 6.45) is 4.58. The third-order valence-electron chi connectivity index (χ3n) is 3.03. The van der Waals surface area contributed by atoms with E-state index in [0.29, 0.717) is 12.8 Å². The second-order valence-corrected chi connectivity index (χ2v) is 3.77. The van der Waals surface area contributed by atoms with Gasteiger partial charge in [-0.25, -0.2) is 0 Å². The third-order valence-corrected chi connectivity index (χ3v) is 3.03. The topological polar surface area (TPSA) is 26.7 Å². The van der Waals surface area contributed by atoms with Crippen LogP contribution in [0.15, 0.2) is 0 Å². The summed E-state index contributed by atoms with van der Waals surface area (Å²) in [4.78, 5) is 4.98. The molecule has 12 heavy (non-hydrogen) atoms. The quantitative estimate of drug-likeness (QED) is 0.637. The molecule has 2 fully saturated rings. The van der Waals surface area contributed by atoms with Gasteiger partial charge < -0.3 is 5.11 Å². The summed E-state index contributed by atoms with van der Waals surface area (Å²) in [6.45, 7) is 4.90. The first-order chi connectivity index (χ1) is 5.92. The fourth-order valence-corrected chi connectivity index (χ4v) is 2.50. The third kappa shape index (κ3) is 1.49. The molecule has 2 saturated heterocycles. The molecule has 0 saturated carbocycles. The minimum absolute atomic E-state index is 0.310. The minimum atomic E-state index is 0.310. The summed E-state index contributed by atoms with van der Waals surface area (Å²) in [7, 11) is 0. The highest BCUT2D eigenvalue weighted by atomic mass is 16.3. The number of rotatable bonds is 2. The van der Waals surface area contributed by atoms with Gasteiger partial charge in [0.15, 0.2) is 0 Å². The van der Waals surface area contributed by atoms with E-state index in [0.717, 1.165) is 6.54 Å². The summed E-state index contributed by atoms with van der Waals surface area (Å²) < 4.78 is 0. The summed E-state index contributed by atoms with van der Waals surface area (Å²) in [6, 6.07) is 0. The summed E-state index contributed by atoms with van der Waals surface area (Å²) >= 11 is 0. The molecule has 1 atom stereocenters. The first-order valence-electron chi connectivity index (χ1n) is 5.01. The Morgan fingerprint density at radius 1 is 1.17 bits per heavy atom. The van der Waals surface area contributed by atoms with E-state index in [4.69, 9.17) is 5.11 Å². The van der Waals surface area contributed by atoms with Crippen LogP contribution in [0.1, 0.15) is 19.3 Å². The normalized spacial score (nSPS) is 32.2. The second kappa shape index (κ2) is 3.73.